The normalized spacial score (nSPS) is 11.8. The van der Waals surface area contributed by atoms with E-state index in [0.29, 0.717) is 10.3 Å². The highest BCUT2D eigenvalue weighted by molar-refractivity contribution is 9.09. The van der Waals surface area contributed by atoms with Crippen molar-refractivity contribution >= 4 is 39.3 Å². The molecule has 0 aliphatic rings. The molecule has 0 saturated carbocycles. The van der Waals surface area contributed by atoms with Gasteiger partial charge in [-0.25, -0.2) is 13.9 Å². The molecule has 7 nitrogen and oxygen atoms in total. The third-order valence-corrected chi connectivity index (χ3v) is 3.78. The molecule has 0 aliphatic heterocycles. The van der Waals surface area contributed by atoms with Gasteiger partial charge in [-0.2, -0.15) is 0 Å². The van der Waals surface area contributed by atoms with E-state index >= 15 is 0 Å². The van der Waals surface area contributed by atoms with Crippen molar-refractivity contribution in [3.8, 4) is 0 Å². The summed E-state index contributed by atoms with van der Waals surface area (Å²) in [5, 5.41) is 2.63. The lowest BCUT2D eigenvalue weighted by Crippen LogP contribution is -2.32. The Labute approximate surface area is 146 Å². The Hall–Kier alpha value is -2.48. The van der Waals surface area contributed by atoms with Gasteiger partial charge in [0.05, 0.1) is 10.5 Å². The molecule has 0 fully saturated rings. The average Bonchev–Trinajstić information content (AvgIpc) is 2.82. The fourth-order valence-electron chi connectivity index (χ4n) is 2.41. The monoisotopic (exact) mass is 393 g/mol. The number of aromatic nitrogens is 2. The van der Waals surface area contributed by atoms with Crippen LogP contribution in [-0.4, -0.2) is 26.9 Å². The molecular weight excluding hydrogens is 378 g/mol. The van der Waals surface area contributed by atoms with E-state index in [1.165, 1.54) is 6.92 Å². The summed E-state index contributed by atoms with van der Waals surface area (Å²) in [6.07, 6.45) is 0. The minimum absolute atomic E-state index is 0.135. The van der Waals surface area contributed by atoms with Crippen molar-refractivity contribution in [1.82, 2.24) is 9.13 Å². The topological polar surface area (TPSA) is 90.2 Å². The van der Waals surface area contributed by atoms with Gasteiger partial charge in [0.1, 0.15) is 5.69 Å². The fraction of sp³-hybridized carbons (Fsp3) is 0.250. The summed E-state index contributed by atoms with van der Waals surface area (Å²) < 4.78 is 1.55. The Morgan fingerprint density at radius 1 is 1.04 bits per heavy atom. The summed E-state index contributed by atoms with van der Waals surface area (Å²) in [5.74, 6) is -1.86. The van der Waals surface area contributed by atoms with Crippen molar-refractivity contribution in [2.45, 2.75) is 25.6 Å². The first-order chi connectivity index (χ1) is 11.3. The first-order valence-corrected chi connectivity index (χ1v) is 8.07. The van der Waals surface area contributed by atoms with Crippen LogP contribution in [-0.2, 0) is 0 Å². The Morgan fingerprint density at radius 3 is 2.04 bits per heavy atom. The second kappa shape index (κ2) is 6.96. The average molecular weight is 394 g/mol. The van der Waals surface area contributed by atoms with Crippen molar-refractivity contribution in [1.29, 1.82) is 0 Å². The molecule has 1 unspecified atom stereocenters. The maximum Gasteiger partial charge on any atom is 0.342 e. The van der Waals surface area contributed by atoms with Crippen molar-refractivity contribution in [2.75, 3.05) is 5.32 Å². The molecule has 0 bridgehead atoms. The molecule has 1 heterocycles. The number of para-hydroxylation sites is 1. The standard InChI is InChI=1S/C16H16BrN3O4/c1-9(17)13-14(15(23)18-12-7-5-4-6-8-12)20(11(3)22)16(24)19(13)10(2)21/h4-9H,1-3H3,(H,18,23). The van der Waals surface area contributed by atoms with Gasteiger partial charge >= 0.3 is 5.69 Å². The lowest BCUT2D eigenvalue weighted by Gasteiger charge is -2.11. The van der Waals surface area contributed by atoms with E-state index in [2.05, 4.69) is 21.2 Å². The van der Waals surface area contributed by atoms with Crippen LogP contribution in [0.15, 0.2) is 35.1 Å². The molecule has 24 heavy (non-hydrogen) atoms. The number of carbonyl (C=O) groups excluding carboxylic acids is 3. The van der Waals surface area contributed by atoms with Gasteiger partial charge in [0.25, 0.3) is 5.91 Å². The summed E-state index contributed by atoms with van der Waals surface area (Å²) in [6, 6.07) is 8.62. The van der Waals surface area contributed by atoms with Crippen LogP contribution in [0.4, 0.5) is 5.69 Å². The highest BCUT2D eigenvalue weighted by Gasteiger charge is 2.30. The molecule has 2 rings (SSSR count). The van der Waals surface area contributed by atoms with Gasteiger partial charge in [0.2, 0.25) is 11.8 Å². The SMILES string of the molecule is CC(=O)n1c(C(=O)Nc2ccccc2)c(C(C)Br)n(C(C)=O)c1=O. The lowest BCUT2D eigenvalue weighted by atomic mass is 10.2. The molecule has 0 spiro atoms. The van der Waals surface area contributed by atoms with E-state index in [9.17, 15) is 19.2 Å². The van der Waals surface area contributed by atoms with Crippen LogP contribution in [0.3, 0.4) is 0 Å². The largest absolute Gasteiger partial charge is 0.342 e. The number of hydrogen-bond acceptors (Lipinski definition) is 4. The predicted octanol–water partition coefficient (Wildman–Crippen LogP) is 2.68. The molecule has 1 aromatic carbocycles. The van der Waals surface area contributed by atoms with Crippen molar-refractivity contribution < 1.29 is 14.4 Å². The van der Waals surface area contributed by atoms with E-state index in [1.54, 1.807) is 37.3 Å². The second-order valence-corrected chi connectivity index (χ2v) is 6.53. The van der Waals surface area contributed by atoms with Crippen LogP contribution in [0, 0.1) is 0 Å². The summed E-state index contributed by atoms with van der Waals surface area (Å²) in [4.78, 5) is 48.4. The van der Waals surface area contributed by atoms with Gasteiger partial charge in [-0.1, -0.05) is 34.1 Å². The molecule has 0 radical (unpaired) electrons. The summed E-state index contributed by atoms with van der Waals surface area (Å²) in [5.41, 5.74) is -0.365. The minimum Gasteiger partial charge on any atom is -0.321 e. The van der Waals surface area contributed by atoms with Crippen LogP contribution in [0.5, 0.6) is 0 Å². The fourth-order valence-corrected chi connectivity index (χ4v) is 2.83. The Kier molecular flexibility index (Phi) is 5.18. The summed E-state index contributed by atoms with van der Waals surface area (Å²) in [7, 11) is 0. The summed E-state index contributed by atoms with van der Waals surface area (Å²) in [6.45, 7) is 4.02. The Morgan fingerprint density at radius 2 is 1.58 bits per heavy atom. The van der Waals surface area contributed by atoms with Crippen molar-refractivity contribution in [3.63, 3.8) is 0 Å². The number of amides is 1. The van der Waals surface area contributed by atoms with Gasteiger partial charge < -0.3 is 5.32 Å². The number of halogens is 1. The molecule has 0 saturated heterocycles. The second-order valence-electron chi connectivity index (χ2n) is 5.16. The van der Waals surface area contributed by atoms with Crippen LogP contribution in [0.25, 0.3) is 0 Å². The first kappa shape index (κ1) is 17.9. The molecule has 1 N–H and O–H groups in total. The number of carbonyl (C=O) groups is 3. The molecule has 126 valence electrons. The van der Waals surface area contributed by atoms with E-state index in [4.69, 9.17) is 0 Å². The third kappa shape index (κ3) is 3.23. The van der Waals surface area contributed by atoms with E-state index in [0.717, 1.165) is 11.5 Å². The molecule has 2 aromatic rings. The number of nitrogens with zero attached hydrogens (tertiary/aromatic N) is 2. The van der Waals surface area contributed by atoms with E-state index in [-0.39, 0.29) is 11.4 Å². The molecule has 8 heteroatoms. The molecule has 0 aliphatic carbocycles. The number of anilines is 1. The zero-order valence-corrected chi connectivity index (χ0v) is 15.0. The molecular formula is C16H16BrN3O4. The first-order valence-electron chi connectivity index (χ1n) is 7.15. The minimum atomic E-state index is -0.852. The van der Waals surface area contributed by atoms with Gasteiger partial charge in [-0.15, -0.1) is 0 Å². The molecule has 1 aromatic heterocycles. The van der Waals surface area contributed by atoms with Crippen LogP contribution in [0.2, 0.25) is 0 Å². The number of alkyl halides is 1. The lowest BCUT2D eigenvalue weighted by molar-refractivity contribution is 0.0903. The van der Waals surface area contributed by atoms with Crippen molar-refractivity contribution in [3.05, 3.63) is 52.2 Å². The summed E-state index contributed by atoms with van der Waals surface area (Å²) >= 11 is 3.29. The van der Waals surface area contributed by atoms with Gasteiger partial charge in [0, 0.05) is 19.5 Å². The number of rotatable bonds is 3. The van der Waals surface area contributed by atoms with Crippen molar-refractivity contribution in [2.24, 2.45) is 0 Å². The molecule has 1 amide bonds. The molecule has 1 atom stereocenters. The zero-order valence-electron chi connectivity index (χ0n) is 13.4. The Balaban J connectivity index is 2.69. The number of hydrogen-bond donors (Lipinski definition) is 1. The number of benzene rings is 1. The maximum atomic E-state index is 12.7. The Bertz CT molecular complexity index is 865. The highest BCUT2D eigenvalue weighted by Crippen LogP contribution is 2.26. The zero-order chi connectivity index (χ0) is 18.0. The van der Waals surface area contributed by atoms with Crippen LogP contribution < -0.4 is 11.0 Å². The van der Waals surface area contributed by atoms with Gasteiger partial charge in [-0.3, -0.25) is 14.4 Å². The third-order valence-electron chi connectivity index (χ3n) is 3.34. The quantitative estimate of drug-likeness (QED) is 0.811. The number of nitrogens with one attached hydrogen (secondary N) is 1. The number of imidazole rings is 1. The maximum absolute atomic E-state index is 12.7. The van der Waals surface area contributed by atoms with Crippen LogP contribution in [0.1, 0.15) is 51.4 Å². The predicted molar refractivity (Wildman–Crippen MR) is 93.0 cm³/mol. The van der Waals surface area contributed by atoms with Crippen LogP contribution >= 0.6 is 15.9 Å². The van der Waals surface area contributed by atoms with E-state index in [1.807, 2.05) is 0 Å². The smallest absolute Gasteiger partial charge is 0.321 e. The highest BCUT2D eigenvalue weighted by atomic mass is 79.9. The van der Waals surface area contributed by atoms with E-state index < -0.39 is 28.2 Å². The van der Waals surface area contributed by atoms with Gasteiger partial charge in [-0.05, 0) is 19.1 Å². The van der Waals surface area contributed by atoms with Gasteiger partial charge in [0.15, 0.2) is 0 Å².